The van der Waals surface area contributed by atoms with Crippen molar-refractivity contribution in [2.45, 2.75) is 6.92 Å². The highest BCUT2D eigenvalue weighted by molar-refractivity contribution is 6.04. The van der Waals surface area contributed by atoms with E-state index < -0.39 is 4.92 Å². The van der Waals surface area contributed by atoms with Gasteiger partial charge in [-0.15, -0.1) is 0 Å². The van der Waals surface area contributed by atoms with Crippen molar-refractivity contribution in [2.24, 2.45) is 5.10 Å². The number of hydrogen-bond donors (Lipinski definition) is 1. The van der Waals surface area contributed by atoms with Gasteiger partial charge < -0.3 is 4.98 Å². The Morgan fingerprint density at radius 2 is 2.12 bits per heavy atom. The first-order valence-electron chi connectivity index (χ1n) is 7.81. The second-order valence-electron chi connectivity index (χ2n) is 5.89. The molecule has 0 aliphatic carbocycles. The van der Waals surface area contributed by atoms with Gasteiger partial charge in [0.1, 0.15) is 17.4 Å². The van der Waals surface area contributed by atoms with E-state index in [1.165, 1.54) is 24.7 Å². The highest BCUT2D eigenvalue weighted by Gasteiger charge is 2.10. The van der Waals surface area contributed by atoms with Crippen molar-refractivity contribution in [3.05, 3.63) is 80.4 Å². The molecule has 8 heteroatoms. The minimum absolute atomic E-state index is 0.0409. The highest BCUT2D eigenvalue weighted by atomic mass is 16.6. The Balaban J connectivity index is 1.79. The molecule has 0 saturated carbocycles. The number of nitro benzene ring substituents is 1. The second-order valence-corrected chi connectivity index (χ2v) is 5.89. The number of nitrogens with zero attached hydrogens (tertiary/aromatic N) is 4. The van der Waals surface area contributed by atoms with E-state index in [0.29, 0.717) is 16.6 Å². The van der Waals surface area contributed by atoms with E-state index >= 15 is 0 Å². The molecule has 0 amide bonds. The Hall–Kier alpha value is -3.81. The molecule has 2 heterocycles. The summed E-state index contributed by atoms with van der Waals surface area (Å²) in [4.78, 5) is 30.4. The first-order valence-corrected chi connectivity index (χ1v) is 7.81. The smallest absolute Gasteiger partial charge is 0.298 e. The summed E-state index contributed by atoms with van der Waals surface area (Å²) in [6.45, 7) is 1.98. The number of nitro groups is 1. The standard InChI is InChI=1S/C18H13N5O3/c1-11-5-6-15-14(7-11)16-17(21-15)18(24)22(10-19-16)20-9-12-3-2-4-13(8-12)23(25)26/h2-10,21H,1H3/b20-9+. The number of nitrogens with one attached hydrogen (secondary N) is 1. The Morgan fingerprint density at radius 1 is 1.27 bits per heavy atom. The predicted molar refractivity (Wildman–Crippen MR) is 98.7 cm³/mol. The van der Waals surface area contributed by atoms with E-state index in [9.17, 15) is 14.9 Å². The number of aromatic amines is 1. The maximum Gasteiger partial charge on any atom is 0.298 e. The van der Waals surface area contributed by atoms with Gasteiger partial charge in [0.2, 0.25) is 0 Å². The second kappa shape index (κ2) is 5.92. The van der Waals surface area contributed by atoms with Crippen molar-refractivity contribution in [3.63, 3.8) is 0 Å². The third kappa shape index (κ3) is 2.63. The summed E-state index contributed by atoms with van der Waals surface area (Å²) in [6, 6.07) is 11.8. The molecule has 128 valence electrons. The van der Waals surface area contributed by atoms with Crippen LogP contribution >= 0.6 is 0 Å². The van der Waals surface area contributed by atoms with Gasteiger partial charge in [0.15, 0.2) is 0 Å². The maximum atomic E-state index is 12.6. The fourth-order valence-corrected chi connectivity index (χ4v) is 2.79. The Labute approximate surface area is 146 Å². The average molecular weight is 347 g/mol. The van der Waals surface area contributed by atoms with Crippen molar-refractivity contribution >= 4 is 33.8 Å². The molecule has 0 spiro atoms. The zero-order chi connectivity index (χ0) is 18.3. The van der Waals surface area contributed by atoms with Crippen LogP contribution in [0.4, 0.5) is 5.69 Å². The quantitative estimate of drug-likeness (QED) is 0.349. The van der Waals surface area contributed by atoms with Crippen LogP contribution in [0, 0.1) is 17.0 Å². The van der Waals surface area contributed by atoms with Gasteiger partial charge in [0, 0.05) is 28.6 Å². The molecule has 2 aromatic carbocycles. The molecule has 4 rings (SSSR count). The summed E-state index contributed by atoms with van der Waals surface area (Å²) < 4.78 is 1.10. The molecule has 0 bridgehead atoms. The average Bonchev–Trinajstić information content (AvgIpc) is 3.00. The topological polar surface area (TPSA) is 106 Å². The number of aromatic nitrogens is 3. The lowest BCUT2D eigenvalue weighted by Crippen LogP contribution is -2.17. The van der Waals surface area contributed by atoms with Crippen LogP contribution in [0.5, 0.6) is 0 Å². The number of fused-ring (bicyclic) bond motifs is 3. The summed E-state index contributed by atoms with van der Waals surface area (Å²) in [6.07, 6.45) is 2.73. The van der Waals surface area contributed by atoms with Gasteiger partial charge >= 0.3 is 0 Å². The summed E-state index contributed by atoms with van der Waals surface area (Å²) in [5.41, 5.74) is 2.99. The number of non-ortho nitro benzene ring substituents is 1. The highest BCUT2D eigenvalue weighted by Crippen LogP contribution is 2.22. The molecular formula is C18H13N5O3. The van der Waals surface area contributed by atoms with E-state index in [1.54, 1.807) is 12.1 Å². The predicted octanol–water partition coefficient (Wildman–Crippen LogP) is 2.98. The van der Waals surface area contributed by atoms with Crippen molar-refractivity contribution in [1.82, 2.24) is 14.6 Å². The summed E-state index contributed by atoms with van der Waals surface area (Å²) in [5.74, 6) is 0. The fraction of sp³-hybridized carbons (Fsp3) is 0.0556. The largest absolute Gasteiger partial charge is 0.349 e. The van der Waals surface area contributed by atoms with E-state index in [2.05, 4.69) is 15.1 Å². The van der Waals surface area contributed by atoms with Crippen molar-refractivity contribution in [1.29, 1.82) is 0 Å². The summed E-state index contributed by atoms with van der Waals surface area (Å²) in [5, 5.41) is 15.8. The van der Waals surface area contributed by atoms with Crippen LogP contribution in [0.2, 0.25) is 0 Å². The van der Waals surface area contributed by atoms with Gasteiger partial charge in [0.05, 0.1) is 11.1 Å². The first-order chi connectivity index (χ1) is 12.5. The number of rotatable bonds is 3. The van der Waals surface area contributed by atoms with Gasteiger partial charge in [-0.3, -0.25) is 14.9 Å². The van der Waals surface area contributed by atoms with Crippen molar-refractivity contribution in [2.75, 3.05) is 0 Å². The number of benzene rings is 2. The van der Waals surface area contributed by atoms with Crippen LogP contribution in [0.15, 0.2) is 58.7 Å². The van der Waals surface area contributed by atoms with Gasteiger partial charge in [-0.2, -0.15) is 9.78 Å². The fourth-order valence-electron chi connectivity index (χ4n) is 2.79. The summed E-state index contributed by atoms with van der Waals surface area (Å²) >= 11 is 0. The number of hydrogen-bond acceptors (Lipinski definition) is 5. The molecule has 0 atom stereocenters. The molecular weight excluding hydrogens is 334 g/mol. The van der Waals surface area contributed by atoms with Gasteiger partial charge in [-0.1, -0.05) is 23.8 Å². The molecule has 0 aliphatic rings. The lowest BCUT2D eigenvalue weighted by atomic mass is 10.2. The van der Waals surface area contributed by atoms with Gasteiger partial charge in [0.25, 0.3) is 11.2 Å². The molecule has 0 unspecified atom stereocenters. The van der Waals surface area contributed by atoms with Crippen LogP contribution in [0.25, 0.3) is 21.9 Å². The molecule has 2 aromatic heterocycles. The van der Waals surface area contributed by atoms with E-state index in [-0.39, 0.29) is 11.2 Å². The monoisotopic (exact) mass is 347 g/mol. The van der Waals surface area contributed by atoms with Crippen LogP contribution in [-0.2, 0) is 0 Å². The minimum atomic E-state index is -0.483. The molecule has 26 heavy (non-hydrogen) atoms. The Kier molecular flexibility index (Phi) is 3.58. The first kappa shape index (κ1) is 15.7. The van der Waals surface area contributed by atoms with Crippen LogP contribution in [-0.4, -0.2) is 25.8 Å². The molecule has 0 saturated heterocycles. The van der Waals surface area contributed by atoms with Crippen LogP contribution in [0.1, 0.15) is 11.1 Å². The lowest BCUT2D eigenvalue weighted by molar-refractivity contribution is -0.384. The third-order valence-electron chi connectivity index (χ3n) is 4.06. The van der Waals surface area contributed by atoms with Crippen molar-refractivity contribution < 1.29 is 4.92 Å². The maximum absolute atomic E-state index is 12.6. The number of aryl methyl sites for hydroxylation is 1. The van der Waals surface area contributed by atoms with Gasteiger partial charge in [-0.05, 0) is 19.1 Å². The van der Waals surface area contributed by atoms with E-state index in [1.807, 2.05) is 25.1 Å². The Morgan fingerprint density at radius 3 is 2.92 bits per heavy atom. The molecule has 8 nitrogen and oxygen atoms in total. The molecule has 0 fully saturated rings. The zero-order valence-electron chi connectivity index (χ0n) is 13.7. The summed E-state index contributed by atoms with van der Waals surface area (Å²) in [7, 11) is 0. The zero-order valence-corrected chi connectivity index (χ0v) is 13.7. The van der Waals surface area contributed by atoms with Crippen LogP contribution in [0.3, 0.4) is 0 Å². The van der Waals surface area contributed by atoms with E-state index in [4.69, 9.17) is 0 Å². The lowest BCUT2D eigenvalue weighted by Gasteiger charge is -1.98. The minimum Gasteiger partial charge on any atom is -0.349 e. The third-order valence-corrected chi connectivity index (χ3v) is 4.06. The molecule has 4 aromatic rings. The van der Waals surface area contributed by atoms with Crippen LogP contribution < -0.4 is 5.56 Å². The number of H-pyrrole nitrogens is 1. The van der Waals surface area contributed by atoms with Crippen molar-refractivity contribution in [3.8, 4) is 0 Å². The molecule has 1 N–H and O–H groups in total. The van der Waals surface area contributed by atoms with Gasteiger partial charge in [-0.25, -0.2) is 4.98 Å². The molecule has 0 aliphatic heterocycles. The molecule has 0 radical (unpaired) electrons. The van der Waals surface area contributed by atoms with E-state index in [0.717, 1.165) is 21.1 Å². The SMILES string of the molecule is Cc1ccc2[nH]c3c(=O)n(/N=C/c4cccc([N+](=O)[O-])c4)cnc3c2c1. The normalized spacial score (nSPS) is 11.6. The Bertz CT molecular complexity index is 1250.